The molecule has 1 heterocycles. The third-order valence-electron chi connectivity index (χ3n) is 4.62. The van der Waals surface area contributed by atoms with Crippen LogP contribution in [0.4, 0.5) is 0 Å². The topological polar surface area (TPSA) is 57.5 Å². The fourth-order valence-corrected chi connectivity index (χ4v) is 4.75. The molecule has 0 aromatic carbocycles. The van der Waals surface area contributed by atoms with Gasteiger partial charge in [0.1, 0.15) is 0 Å². The first-order valence-electron chi connectivity index (χ1n) is 6.54. The summed E-state index contributed by atoms with van der Waals surface area (Å²) < 4.78 is 0. The van der Waals surface area contributed by atoms with E-state index in [-0.39, 0.29) is 0 Å². The van der Waals surface area contributed by atoms with Crippen LogP contribution in [0.2, 0.25) is 0 Å². The number of thioether (sulfide) groups is 1. The third-order valence-corrected chi connectivity index (χ3v) is 5.61. The molecular formula is C13H22O3S. The van der Waals surface area contributed by atoms with Gasteiger partial charge in [-0.05, 0) is 43.1 Å². The molecule has 2 rings (SSSR count). The second kappa shape index (κ2) is 4.81. The van der Waals surface area contributed by atoms with Gasteiger partial charge in [0.05, 0.1) is 11.0 Å². The Hall–Kier alpha value is -0.220. The zero-order chi connectivity index (χ0) is 12.5. The molecule has 3 nitrogen and oxygen atoms in total. The zero-order valence-corrected chi connectivity index (χ0v) is 11.3. The van der Waals surface area contributed by atoms with Crippen LogP contribution in [0.5, 0.6) is 0 Å². The number of carbonyl (C=O) groups is 1. The summed E-state index contributed by atoms with van der Waals surface area (Å²) in [6, 6.07) is 0. The minimum absolute atomic E-state index is 0.444. The molecule has 1 saturated heterocycles. The highest BCUT2D eigenvalue weighted by atomic mass is 32.2. The van der Waals surface area contributed by atoms with Crippen LogP contribution in [0.3, 0.4) is 0 Å². The zero-order valence-electron chi connectivity index (χ0n) is 10.4. The third kappa shape index (κ3) is 2.22. The van der Waals surface area contributed by atoms with E-state index in [2.05, 4.69) is 6.92 Å². The van der Waals surface area contributed by atoms with Crippen LogP contribution < -0.4 is 0 Å². The van der Waals surface area contributed by atoms with Crippen molar-refractivity contribution in [2.45, 2.75) is 51.0 Å². The van der Waals surface area contributed by atoms with E-state index in [1.54, 1.807) is 11.8 Å². The van der Waals surface area contributed by atoms with Gasteiger partial charge in [-0.1, -0.05) is 19.8 Å². The van der Waals surface area contributed by atoms with Gasteiger partial charge in [-0.15, -0.1) is 0 Å². The number of hydrogen-bond acceptors (Lipinski definition) is 3. The first kappa shape index (κ1) is 13.2. The van der Waals surface area contributed by atoms with Gasteiger partial charge in [0.25, 0.3) is 0 Å². The minimum atomic E-state index is -0.975. The molecule has 0 aromatic rings. The summed E-state index contributed by atoms with van der Waals surface area (Å²) in [5.41, 5.74) is -1.86. The van der Waals surface area contributed by atoms with Crippen molar-refractivity contribution in [3.05, 3.63) is 0 Å². The number of hydrogen-bond donors (Lipinski definition) is 2. The Balaban J connectivity index is 2.28. The standard InChI is InChI=1S/C13H22O3S/c1-10-3-2-4-13(16,9-10)12(11(14)15)5-7-17-8-6-12/h10,16H,2-9H2,1H3,(H,14,15). The first-order valence-corrected chi connectivity index (χ1v) is 7.69. The van der Waals surface area contributed by atoms with E-state index < -0.39 is 17.0 Å². The van der Waals surface area contributed by atoms with E-state index in [4.69, 9.17) is 0 Å². The average molecular weight is 258 g/mol. The monoisotopic (exact) mass is 258 g/mol. The number of aliphatic carboxylic acids is 1. The van der Waals surface area contributed by atoms with Gasteiger partial charge in [0.2, 0.25) is 0 Å². The van der Waals surface area contributed by atoms with E-state index in [0.717, 1.165) is 24.3 Å². The van der Waals surface area contributed by atoms with Gasteiger partial charge < -0.3 is 10.2 Å². The van der Waals surface area contributed by atoms with Crippen molar-refractivity contribution >= 4 is 17.7 Å². The molecule has 2 fully saturated rings. The van der Waals surface area contributed by atoms with Gasteiger partial charge in [-0.3, -0.25) is 4.79 Å². The predicted molar refractivity (Wildman–Crippen MR) is 69.2 cm³/mol. The largest absolute Gasteiger partial charge is 0.481 e. The second-order valence-corrected chi connectivity index (χ2v) is 6.96. The summed E-state index contributed by atoms with van der Waals surface area (Å²) in [5, 5.41) is 20.5. The highest BCUT2D eigenvalue weighted by Crippen LogP contribution is 2.51. The van der Waals surface area contributed by atoms with Crippen LogP contribution in [-0.2, 0) is 4.79 Å². The summed E-state index contributed by atoms with van der Waals surface area (Å²) in [7, 11) is 0. The highest BCUT2D eigenvalue weighted by Gasteiger charge is 2.56. The second-order valence-electron chi connectivity index (χ2n) is 5.73. The molecule has 0 bridgehead atoms. The maximum absolute atomic E-state index is 11.7. The molecule has 0 radical (unpaired) electrons. The lowest BCUT2D eigenvalue weighted by atomic mass is 9.60. The lowest BCUT2D eigenvalue weighted by Gasteiger charge is -2.49. The quantitative estimate of drug-likeness (QED) is 0.799. The summed E-state index contributed by atoms with van der Waals surface area (Å²) in [5.74, 6) is 1.39. The maximum atomic E-state index is 11.7. The molecule has 1 aliphatic carbocycles. The summed E-state index contributed by atoms with van der Waals surface area (Å²) in [6.45, 7) is 2.12. The van der Waals surface area contributed by atoms with Crippen LogP contribution in [0.1, 0.15) is 45.4 Å². The van der Waals surface area contributed by atoms with Crippen LogP contribution in [-0.4, -0.2) is 33.3 Å². The summed E-state index contributed by atoms with van der Waals surface area (Å²) in [6.07, 6.45) is 4.64. The molecule has 1 aliphatic heterocycles. The molecule has 1 saturated carbocycles. The first-order chi connectivity index (χ1) is 8.00. The van der Waals surface area contributed by atoms with Crippen molar-refractivity contribution in [1.29, 1.82) is 0 Å². The van der Waals surface area contributed by atoms with Crippen molar-refractivity contribution in [1.82, 2.24) is 0 Å². The average Bonchev–Trinajstić information content (AvgIpc) is 2.29. The van der Waals surface area contributed by atoms with Crippen molar-refractivity contribution in [3.8, 4) is 0 Å². The van der Waals surface area contributed by atoms with Crippen LogP contribution in [0.25, 0.3) is 0 Å². The normalized spacial score (nSPS) is 37.6. The Kier molecular flexibility index (Phi) is 3.74. The lowest BCUT2D eigenvalue weighted by molar-refractivity contribution is -0.179. The number of carboxylic acids is 1. The molecule has 0 aromatic heterocycles. The van der Waals surface area contributed by atoms with Crippen molar-refractivity contribution in [2.24, 2.45) is 11.3 Å². The molecule has 17 heavy (non-hydrogen) atoms. The molecule has 2 N–H and O–H groups in total. The molecular weight excluding hydrogens is 236 g/mol. The Labute approximate surface area is 107 Å². The molecule has 4 heteroatoms. The molecule has 0 spiro atoms. The molecule has 2 atom stereocenters. The SMILES string of the molecule is CC1CCCC(O)(C2(C(=O)O)CCSCC2)C1. The molecule has 2 aliphatic rings. The van der Waals surface area contributed by atoms with Gasteiger partial charge in [-0.25, -0.2) is 0 Å². The fraction of sp³-hybridized carbons (Fsp3) is 0.923. The smallest absolute Gasteiger partial charge is 0.312 e. The number of rotatable bonds is 2. The van der Waals surface area contributed by atoms with Gasteiger partial charge in [0.15, 0.2) is 0 Å². The Bertz CT molecular complexity index is 299. The van der Waals surface area contributed by atoms with Crippen molar-refractivity contribution in [2.75, 3.05) is 11.5 Å². The number of aliphatic hydroxyl groups is 1. The van der Waals surface area contributed by atoms with Crippen LogP contribution >= 0.6 is 11.8 Å². The van der Waals surface area contributed by atoms with Gasteiger partial charge in [-0.2, -0.15) is 11.8 Å². The Morgan fingerprint density at radius 1 is 1.29 bits per heavy atom. The van der Waals surface area contributed by atoms with E-state index >= 15 is 0 Å². The lowest BCUT2D eigenvalue weighted by Crippen LogP contribution is -2.57. The fourth-order valence-electron chi connectivity index (χ4n) is 3.56. The Morgan fingerprint density at radius 2 is 1.94 bits per heavy atom. The molecule has 2 unspecified atom stereocenters. The summed E-state index contributed by atoms with van der Waals surface area (Å²) in [4.78, 5) is 11.7. The van der Waals surface area contributed by atoms with E-state index in [1.807, 2.05) is 0 Å². The Morgan fingerprint density at radius 3 is 2.47 bits per heavy atom. The van der Waals surface area contributed by atoms with Crippen molar-refractivity contribution in [3.63, 3.8) is 0 Å². The number of carboxylic acid groups (broad SMARTS) is 1. The van der Waals surface area contributed by atoms with Gasteiger partial charge >= 0.3 is 5.97 Å². The van der Waals surface area contributed by atoms with Crippen LogP contribution in [0, 0.1) is 11.3 Å². The minimum Gasteiger partial charge on any atom is -0.481 e. The predicted octanol–water partition coefficient (Wildman–Crippen LogP) is 2.53. The van der Waals surface area contributed by atoms with Crippen LogP contribution in [0.15, 0.2) is 0 Å². The molecule has 0 amide bonds. The van der Waals surface area contributed by atoms with E-state index in [9.17, 15) is 15.0 Å². The highest BCUT2D eigenvalue weighted by molar-refractivity contribution is 7.99. The van der Waals surface area contributed by atoms with E-state index in [0.29, 0.717) is 31.6 Å². The van der Waals surface area contributed by atoms with E-state index in [1.165, 1.54) is 0 Å². The van der Waals surface area contributed by atoms with Crippen molar-refractivity contribution < 1.29 is 15.0 Å². The maximum Gasteiger partial charge on any atom is 0.312 e. The summed E-state index contributed by atoms with van der Waals surface area (Å²) >= 11 is 1.80. The molecule has 98 valence electrons. The van der Waals surface area contributed by atoms with Gasteiger partial charge in [0, 0.05) is 0 Å².